The highest BCUT2D eigenvalue weighted by molar-refractivity contribution is 7.99. The highest BCUT2D eigenvalue weighted by atomic mass is 32.2. The smallest absolute Gasteiger partial charge is 0.0695 e. The maximum atomic E-state index is 10.0. The molecule has 18 heavy (non-hydrogen) atoms. The van der Waals surface area contributed by atoms with Gasteiger partial charge < -0.3 is 10.0 Å². The summed E-state index contributed by atoms with van der Waals surface area (Å²) in [6.45, 7) is 1.04. The Hall–Kier alpha value is -0.510. The Morgan fingerprint density at radius 2 is 1.94 bits per heavy atom. The molecule has 1 fully saturated rings. The lowest BCUT2D eigenvalue weighted by Gasteiger charge is -2.35. The topological polar surface area (TPSA) is 23.5 Å². The van der Waals surface area contributed by atoms with Gasteiger partial charge in [0.1, 0.15) is 0 Å². The highest BCUT2D eigenvalue weighted by Gasteiger charge is 2.25. The van der Waals surface area contributed by atoms with E-state index < -0.39 is 0 Å². The minimum absolute atomic E-state index is 0.120. The van der Waals surface area contributed by atoms with Crippen LogP contribution in [0.2, 0.25) is 0 Å². The Balaban J connectivity index is 1.72. The summed E-state index contributed by atoms with van der Waals surface area (Å²) in [7, 11) is 2.14. The molecule has 0 spiro atoms. The Kier molecular flexibility index (Phi) is 5.54. The molecular formula is C15H23NOS. The summed E-state index contributed by atoms with van der Waals surface area (Å²) in [5.74, 6) is 1.09. The van der Waals surface area contributed by atoms with Crippen molar-refractivity contribution >= 4 is 11.8 Å². The molecule has 2 nitrogen and oxygen atoms in total. The van der Waals surface area contributed by atoms with Gasteiger partial charge in [-0.2, -0.15) is 0 Å². The number of rotatable bonds is 5. The van der Waals surface area contributed by atoms with Crippen LogP contribution in [0.25, 0.3) is 0 Å². The molecule has 1 N–H and O–H groups in total. The summed E-state index contributed by atoms with van der Waals surface area (Å²) in [5.41, 5.74) is 0. The van der Waals surface area contributed by atoms with Crippen molar-refractivity contribution in [2.45, 2.75) is 42.7 Å². The van der Waals surface area contributed by atoms with Gasteiger partial charge in [0, 0.05) is 23.2 Å². The van der Waals surface area contributed by atoms with E-state index in [-0.39, 0.29) is 6.10 Å². The van der Waals surface area contributed by atoms with E-state index in [1.165, 1.54) is 17.7 Å². The normalized spacial score (nSPS) is 24.4. The highest BCUT2D eigenvalue weighted by Crippen LogP contribution is 2.23. The lowest BCUT2D eigenvalue weighted by atomic mass is 9.92. The van der Waals surface area contributed by atoms with Gasteiger partial charge in [0.05, 0.1) is 6.10 Å². The molecule has 3 heteroatoms. The van der Waals surface area contributed by atoms with Crippen molar-refractivity contribution in [3.63, 3.8) is 0 Å². The van der Waals surface area contributed by atoms with Gasteiger partial charge in [-0.05, 0) is 32.0 Å². The van der Waals surface area contributed by atoms with Crippen LogP contribution in [0, 0.1) is 0 Å². The van der Waals surface area contributed by atoms with Gasteiger partial charge in [0.25, 0.3) is 0 Å². The molecule has 1 aromatic rings. The predicted molar refractivity (Wildman–Crippen MR) is 78.1 cm³/mol. The van der Waals surface area contributed by atoms with Crippen LogP contribution in [0.3, 0.4) is 0 Å². The summed E-state index contributed by atoms with van der Waals surface area (Å²) in [4.78, 5) is 3.66. The lowest BCUT2D eigenvalue weighted by Crippen LogP contribution is -2.44. The van der Waals surface area contributed by atoms with E-state index in [9.17, 15) is 5.11 Å². The second-order valence-electron chi connectivity index (χ2n) is 5.06. The fourth-order valence-corrected chi connectivity index (χ4v) is 3.56. The van der Waals surface area contributed by atoms with Crippen LogP contribution in [0.5, 0.6) is 0 Å². The molecule has 2 atom stereocenters. The van der Waals surface area contributed by atoms with Gasteiger partial charge in [-0.25, -0.2) is 0 Å². The zero-order valence-electron chi connectivity index (χ0n) is 11.1. The molecule has 1 aliphatic carbocycles. The predicted octanol–water partition coefficient (Wildman–Crippen LogP) is 3.01. The Bertz CT molecular complexity index is 344. The molecule has 1 saturated carbocycles. The number of likely N-dealkylation sites (N-methyl/N-ethyl adjacent to an activating group) is 1. The van der Waals surface area contributed by atoms with E-state index in [1.807, 2.05) is 11.8 Å². The van der Waals surface area contributed by atoms with Crippen LogP contribution < -0.4 is 0 Å². The molecule has 1 aliphatic rings. The van der Waals surface area contributed by atoms with Gasteiger partial charge in [0.15, 0.2) is 0 Å². The molecule has 0 aliphatic heterocycles. The van der Waals surface area contributed by atoms with E-state index in [0.29, 0.717) is 6.04 Å². The molecule has 2 rings (SSSR count). The quantitative estimate of drug-likeness (QED) is 0.828. The molecule has 1 aromatic carbocycles. The number of hydrogen-bond donors (Lipinski definition) is 1. The fourth-order valence-electron chi connectivity index (χ4n) is 2.60. The van der Waals surface area contributed by atoms with Crippen LogP contribution in [-0.4, -0.2) is 41.5 Å². The molecule has 100 valence electrons. The molecule has 0 saturated heterocycles. The second kappa shape index (κ2) is 7.17. The van der Waals surface area contributed by atoms with Gasteiger partial charge in [-0.3, -0.25) is 0 Å². The van der Waals surface area contributed by atoms with Crippen molar-refractivity contribution in [1.82, 2.24) is 4.90 Å². The third-order valence-electron chi connectivity index (χ3n) is 3.72. The first-order chi connectivity index (χ1) is 8.77. The number of benzene rings is 1. The first-order valence-electron chi connectivity index (χ1n) is 6.83. The zero-order valence-corrected chi connectivity index (χ0v) is 11.9. The fraction of sp³-hybridized carbons (Fsp3) is 0.600. The van der Waals surface area contributed by atoms with Gasteiger partial charge in [-0.15, -0.1) is 11.8 Å². The number of nitrogens with zero attached hydrogens (tertiary/aromatic N) is 1. The monoisotopic (exact) mass is 265 g/mol. The summed E-state index contributed by atoms with van der Waals surface area (Å²) in [6.07, 6.45) is 4.45. The van der Waals surface area contributed by atoms with Crippen LogP contribution in [0.1, 0.15) is 25.7 Å². The first kappa shape index (κ1) is 13.9. The second-order valence-corrected chi connectivity index (χ2v) is 6.23. The average molecular weight is 265 g/mol. The lowest BCUT2D eigenvalue weighted by molar-refractivity contribution is 0.0351. The number of thioether (sulfide) groups is 1. The SMILES string of the molecule is CN(CCSc1ccccc1)C1CCCCC1O. The molecule has 2 unspecified atom stereocenters. The van der Waals surface area contributed by atoms with Gasteiger partial charge in [-0.1, -0.05) is 31.0 Å². The molecule has 0 heterocycles. The molecule has 0 amide bonds. The van der Waals surface area contributed by atoms with Crippen LogP contribution in [0.4, 0.5) is 0 Å². The largest absolute Gasteiger partial charge is 0.391 e. The van der Waals surface area contributed by atoms with Crippen LogP contribution >= 0.6 is 11.8 Å². The maximum Gasteiger partial charge on any atom is 0.0695 e. The Morgan fingerprint density at radius 3 is 2.67 bits per heavy atom. The molecule has 0 bridgehead atoms. The summed E-state index contributed by atoms with van der Waals surface area (Å²) in [5, 5.41) is 10.0. The first-order valence-corrected chi connectivity index (χ1v) is 7.82. The van der Waals surface area contributed by atoms with Gasteiger partial charge >= 0.3 is 0 Å². The van der Waals surface area contributed by atoms with Crippen molar-refractivity contribution in [3.05, 3.63) is 30.3 Å². The van der Waals surface area contributed by atoms with Crippen molar-refractivity contribution in [1.29, 1.82) is 0 Å². The van der Waals surface area contributed by atoms with Gasteiger partial charge in [0.2, 0.25) is 0 Å². The molecule has 0 radical (unpaired) electrons. The van der Waals surface area contributed by atoms with Crippen molar-refractivity contribution in [2.75, 3.05) is 19.3 Å². The average Bonchev–Trinajstić information content (AvgIpc) is 2.40. The van der Waals surface area contributed by atoms with E-state index in [4.69, 9.17) is 0 Å². The van der Waals surface area contributed by atoms with E-state index in [1.54, 1.807) is 0 Å². The van der Waals surface area contributed by atoms with E-state index >= 15 is 0 Å². The molecule has 0 aromatic heterocycles. The van der Waals surface area contributed by atoms with E-state index in [0.717, 1.165) is 25.1 Å². The third-order valence-corrected chi connectivity index (χ3v) is 4.71. The maximum absolute atomic E-state index is 10.0. The summed E-state index contributed by atoms with van der Waals surface area (Å²) in [6, 6.07) is 10.9. The minimum Gasteiger partial charge on any atom is -0.391 e. The number of aliphatic hydroxyl groups is 1. The summed E-state index contributed by atoms with van der Waals surface area (Å²) < 4.78 is 0. The van der Waals surface area contributed by atoms with Crippen LogP contribution in [0.15, 0.2) is 35.2 Å². The zero-order chi connectivity index (χ0) is 12.8. The van der Waals surface area contributed by atoms with Crippen molar-refractivity contribution in [2.24, 2.45) is 0 Å². The van der Waals surface area contributed by atoms with Crippen molar-refractivity contribution < 1.29 is 5.11 Å². The van der Waals surface area contributed by atoms with Crippen molar-refractivity contribution in [3.8, 4) is 0 Å². The number of hydrogen-bond acceptors (Lipinski definition) is 3. The third kappa shape index (κ3) is 4.01. The standard InChI is InChI=1S/C15H23NOS/c1-16(14-9-5-6-10-15(14)17)11-12-18-13-7-3-2-4-8-13/h2-4,7-8,14-15,17H,5-6,9-12H2,1H3. The van der Waals surface area contributed by atoms with E-state index in [2.05, 4.69) is 42.3 Å². The Morgan fingerprint density at radius 1 is 1.22 bits per heavy atom. The Labute approximate surface area is 114 Å². The number of aliphatic hydroxyl groups excluding tert-OH is 1. The summed E-state index contributed by atoms with van der Waals surface area (Å²) >= 11 is 1.89. The molecular weight excluding hydrogens is 242 g/mol. The minimum atomic E-state index is -0.120. The van der Waals surface area contributed by atoms with Crippen LogP contribution in [-0.2, 0) is 0 Å².